The molecule has 0 saturated heterocycles. The van der Waals surface area contributed by atoms with Crippen LogP contribution in [0.15, 0.2) is 30.6 Å². The highest BCUT2D eigenvalue weighted by Crippen LogP contribution is 2.22. The normalized spacial score (nSPS) is 10.3. The Labute approximate surface area is 107 Å². The second-order valence-electron chi connectivity index (χ2n) is 4.13. The van der Waals surface area contributed by atoms with E-state index in [1.165, 1.54) is 0 Å². The zero-order valence-corrected chi connectivity index (χ0v) is 10.7. The van der Waals surface area contributed by atoms with E-state index in [9.17, 15) is 0 Å². The first-order chi connectivity index (χ1) is 8.70. The number of nitrogens with two attached hydrogens (primary N) is 1. The molecule has 2 aromatic rings. The number of aromatic nitrogens is 2. The van der Waals surface area contributed by atoms with Gasteiger partial charge in [0.2, 0.25) is 0 Å². The lowest BCUT2D eigenvalue weighted by atomic mass is 10.1. The molecule has 2 heterocycles. The quantitative estimate of drug-likeness (QED) is 0.897. The van der Waals surface area contributed by atoms with Crippen molar-refractivity contribution in [3.8, 4) is 17.0 Å². The lowest BCUT2D eigenvalue weighted by molar-refractivity contribution is 0.316. The summed E-state index contributed by atoms with van der Waals surface area (Å²) in [5.41, 5.74) is 9.08. The van der Waals surface area contributed by atoms with Crippen LogP contribution in [0.2, 0.25) is 0 Å². The van der Waals surface area contributed by atoms with Crippen LogP contribution in [-0.4, -0.2) is 16.6 Å². The smallest absolute Gasteiger partial charge is 0.138 e. The van der Waals surface area contributed by atoms with Crippen molar-refractivity contribution in [1.82, 2.24) is 9.97 Å². The summed E-state index contributed by atoms with van der Waals surface area (Å²) in [5.74, 6) is 0.769. The second-order valence-corrected chi connectivity index (χ2v) is 4.13. The summed E-state index contributed by atoms with van der Waals surface area (Å²) in [5, 5.41) is 0. The third-order valence-electron chi connectivity index (χ3n) is 2.61. The monoisotopic (exact) mass is 243 g/mol. The number of ether oxygens (including phenoxy) is 1. The molecular formula is C14H17N3O. The van der Waals surface area contributed by atoms with Gasteiger partial charge < -0.3 is 10.5 Å². The minimum Gasteiger partial charge on any atom is -0.492 e. The molecule has 0 unspecified atom stereocenters. The number of anilines is 1. The summed E-state index contributed by atoms with van der Waals surface area (Å²) >= 11 is 0. The van der Waals surface area contributed by atoms with Crippen LogP contribution in [0.5, 0.6) is 5.75 Å². The van der Waals surface area contributed by atoms with Gasteiger partial charge in [0.25, 0.3) is 0 Å². The van der Waals surface area contributed by atoms with Crippen molar-refractivity contribution in [2.45, 2.75) is 20.3 Å². The van der Waals surface area contributed by atoms with Crippen molar-refractivity contribution >= 4 is 5.69 Å². The minimum atomic E-state index is 0.694. The van der Waals surface area contributed by atoms with E-state index in [0.717, 1.165) is 29.1 Å². The van der Waals surface area contributed by atoms with Crippen LogP contribution in [0, 0.1) is 6.92 Å². The molecule has 0 saturated carbocycles. The zero-order valence-electron chi connectivity index (χ0n) is 10.7. The van der Waals surface area contributed by atoms with Gasteiger partial charge in [-0.25, -0.2) is 0 Å². The van der Waals surface area contributed by atoms with Gasteiger partial charge in [-0.3, -0.25) is 9.97 Å². The highest BCUT2D eigenvalue weighted by Gasteiger charge is 2.04. The molecule has 0 aromatic carbocycles. The molecule has 0 aliphatic carbocycles. The highest BCUT2D eigenvalue weighted by atomic mass is 16.5. The van der Waals surface area contributed by atoms with Crippen LogP contribution in [-0.2, 0) is 0 Å². The fourth-order valence-electron chi connectivity index (χ4n) is 1.59. The van der Waals surface area contributed by atoms with E-state index < -0.39 is 0 Å². The Morgan fingerprint density at radius 1 is 1.28 bits per heavy atom. The lowest BCUT2D eigenvalue weighted by Crippen LogP contribution is -1.97. The van der Waals surface area contributed by atoms with Gasteiger partial charge >= 0.3 is 0 Å². The van der Waals surface area contributed by atoms with E-state index in [1.807, 2.05) is 25.1 Å². The number of nitrogens with zero attached hydrogens (tertiary/aromatic N) is 2. The van der Waals surface area contributed by atoms with Crippen molar-refractivity contribution in [3.05, 3.63) is 36.3 Å². The van der Waals surface area contributed by atoms with E-state index in [2.05, 4.69) is 16.9 Å². The molecule has 4 nitrogen and oxygen atoms in total. The Balaban J connectivity index is 2.29. The molecule has 0 amide bonds. The number of aryl methyl sites for hydroxylation is 1. The predicted molar refractivity (Wildman–Crippen MR) is 72.4 cm³/mol. The van der Waals surface area contributed by atoms with Gasteiger partial charge in [0.15, 0.2) is 0 Å². The third-order valence-corrected chi connectivity index (χ3v) is 2.61. The molecule has 2 rings (SSSR count). The number of hydrogen-bond acceptors (Lipinski definition) is 4. The molecular weight excluding hydrogens is 226 g/mol. The van der Waals surface area contributed by atoms with E-state index in [1.54, 1.807) is 12.4 Å². The highest BCUT2D eigenvalue weighted by molar-refractivity contribution is 5.62. The van der Waals surface area contributed by atoms with Gasteiger partial charge in [0, 0.05) is 11.8 Å². The van der Waals surface area contributed by atoms with Gasteiger partial charge in [0.05, 0.1) is 29.9 Å². The number of nitrogen functional groups attached to an aromatic ring is 1. The van der Waals surface area contributed by atoms with Crippen LogP contribution >= 0.6 is 0 Å². The fraction of sp³-hybridized carbons (Fsp3) is 0.286. The fourth-order valence-corrected chi connectivity index (χ4v) is 1.59. The van der Waals surface area contributed by atoms with E-state index >= 15 is 0 Å². The summed E-state index contributed by atoms with van der Waals surface area (Å²) in [6.45, 7) is 4.66. The van der Waals surface area contributed by atoms with Gasteiger partial charge in [-0.15, -0.1) is 0 Å². The molecule has 0 bridgehead atoms. The Hall–Kier alpha value is -2.10. The van der Waals surface area contributed by atoms with Crippen molar-refractivity contribution in [1.29, 1.82) is 0 Å². The van der Waals surface area contributed by atoms with Gasteiger partial charge in [-0.05, 0) is 31.5 Å². The van der Waals surface area contributed by atoms with Crippen molar-refractivity contribution in [2.24, 2.45) is 0 Å². The standard InChI is InChI=1S/C14H17N3O/c1-3-6-18-12-7-11(8-16-9-12)14-5-4-13(15)10(2)17-14/h4-5,7-9H,3,6,15H2,1-2H3. The van der Waals surface area contributed by atoms with Gasteiger partial charge in [-0.1, -0.05) is 6.92 Å². The van der Waals surface area contributed by atoms with Crippen LogP contribution in [0.3, 0.4) is 0 Å². The Morgan fingerprint density at radius 2 is 2.11 bits per heavy atom. The van der Waals surface area contributed by atoms with Gasteiger partial charge in [0.1, 0.15) is 5.75 Å². The maximum absolute atomic E-state index is 5.76. The topological polar surface area (TPSA) is 61.0 Å². The molecule has 2 aromatic heterocycles. The maximum atomic E-state index is 5.76. The Bertz CT molecular complexity index is 540. The van der Waals surface area contributed by atoms with Gasteiger partial charge in [-0.2, -0.15) is 0 Å². The largest absolute Gasteiger partial charge is 0.492 e. The Morgan fingerprint density at radius 3 is 2.83 bits per heavy atom. The van der Waals surface area contributed by atoms with Crippen LogP contribution < -0.4 is 10.5 Å². The average Bonchev–Trinajstić information content (AvgIpc) is 2.40. The molecule has 0 aliphatic heterocycles. The number of hydrogen-bond donors (Lipinski definition) is 1. The van der Waals surface area contributed by atoms with E-state index in [4.69, 9.17) is 10.5 Å². The van der Waals surface area contributed by atoms with E-state index in [-0.39, 0.29) is 0 Å². The summed E-state index contributed by atoms with van der Waals surface area (Å²) in [6.07, 6.45) is 4.46. The summed E-state index contributed by atoms with van der Waals surface area (Å²) in [7, 11) is 0. The lowest BCUT2D eigenvalue weighted by Gasteiger charge is -2.07. The van der Waals surface area contributed by atoms with Crippen molar-refractivity contribution in [2.75, 3.05) is 12.3 Å². The molecule has 94 valence electrons. The van der Waals surface area contributed by atoms with Crippen LogP contribution in [0.25, 0.3) is 11.3 Å². The molecule has 0 atom stereocenters. The first kappa shape index (κ1) is 12.4. The molecule has 0 radical (unpaired) electrons. The first-order valence-electron chi connectivity index (χ1n) is 6.02. The van der Waals surface area contributed by atoms with Crippen molar-refractivity contribution in [3.63, 3.8) is 0 Å². The molecule has 0 spiro atoms. The predicted octanol–water partition coefficient (Wildman–Crippen LogP) is 2.82. The van der Waals surface area contributed by atoms with Crippen LogP contribution in [0.1, 0.15) is 19.0 Å². The minimum absolute atomic E-state index is 0.694. The Kier molecular flexibility index (Phi) is 3.77. The summed E-state index contributed by atoms with van der Waals surface area (Å²) in [4.78, 5) is 8.61. The zero-order chi connectivity index (χ0) is 13.0. The summed E-state index contributed by atoms with van der Waals surface area (Å²) in [6, 6.07) is 5.70. The first-order valence-corrected chi connectivity index (χ1v) is 6.02. The van der Waals surface area contributed by atoms with E-state index in [0.29, 0.717) is 12.3 Å². The summed E-state index contributed by atoms with van der Waals surface area (Å²) < 4.78 is 5.56. The molecule has 18 heavy (non-hydrogen) atoms. The molecule has 2 N–H and O–H groups in total. The van der Waals surface area contributed by atoms with Crippen LogP contribution in [0.4, 0.5) is 5.69 Å². The number of pyridine rings is 2. The molecule has 0 aliphatic rings. The SMILES string of the molecule is CCCOc1cncc(-c2ccc(N)c(C)n2)c1. The average molecular weight is 243 g/mol. The van der Waals surface area contributed by atoms with Crippen molar-refractivity contribution < 1.29 is 4.74 Å². The maximum Gasteiger partial charge on any atom is 0.138 e. The molecule has 0 fully saturated rings. The third kappa shape index (κ3) is 2.77. The number of rotatable bonds is 4. The molecule has 4 heteroatoms. The second kappa shape index (κ2) is 5.49.